The van der Waals surface area contributed by atoms with Gasteiger partial charge in [-0.15, -0.1) is 0 Å². The lowest BCUT2D eigenvalue weighted by atomic mass is 10.0. The lowest BCUT2D eigenvalue weighted by Crippen LogP contribution is -2.37. The summed E-state index contributed by atoms with van der Waals surface area (Å²) in [6.45, 7) is 4.14. The highest BCUT2D eigenvalue weighted by Gasteiger charge is 2.22. The van der Waals surface area contributed by atoms with Crippen molar-refractivity contribution in [1.29, 1.82) is 0 Å². The van der Waals surface area contributed by atoms with E-state index in [2.05, 4.69) is 123 Å². The van der Waals surface area contributed by atoms with Crippen LogP contribution in [0.5, 0.6) is 0 Å². The number of phosphoric acid groups is 1. The number of allylic oxidation sites excluding steroid dienone is 18. The Bertz CT molecular complexity index is 1850. The molecule has 0 aromatic heterocycles. The number of esters is 2. The molecule has 0 aromatic rings. The Kier molecular flexibility index (Phi) is 65.5. The van der Waals surface area contributed by atoms with E-state index in [1.807, 2.05) is 21.1 Å². The van der Waals surface area contributed by atoms with E-state index in [4.69, 9.17) is 18.5 Å². The standard InChI is InChI=1S/C78H138NO8P/c1-6-8-10-12-14-16-18-20-22-24-26-28-30-32-34-36-37-38-39-40-41-43-45-47-49-51-53-55-57-59-61-63-65-67-69-71-78(81)87-76(75-86-88(82,83)85-73-72-79(3,4)5)74-84-77(80)70-68-66-64-62-60-58-56-54-52-50-48-46-44-42-35-33-31-29-27-25-23-21-19-17-15-13-11-9-7-2/h8,10,14,16,19-22,25-28,31-34,37-38,76H,6-7,9,11-13,15,17-18,23-24,29-30,35-36,39-75H2,1-5H3/b10-8-,16-14-,21-19-,22-20-,27-25-,28-26-,33-31-,34-32-,38-37-. The monoisotopic (exact) mass is 1250 g/mol. The summed E-state index contributed by atoms with van der Waals surface area (Å²) in [5.74, 6) is -0.826. The van der Waals surface area contributed by atoms with Gasteiger partial charge in [0.1, 0.15) is 19.8 Å². The smallest absolute Gasteiger partial charge is 0.306 e. The van der Waals surface area contributed by atoms with Crippen molar-refractivity contribution < 1.29 is 42.1 Å². The molecule has 0 aliphatic heterocycles. The molecular formula is C78H138NO8P. The molecule has 0 aromatic carbocycles. The molecule has 0 saturated heterocycles. The maximum absolute atomic E-state index is 12.9. The van der Waals surface area contributed by atoms with Gasteiger partial charge >= 0.3 is 11.9 Å². The molecule has 0 bridgehead atoms. The van der Waals surface area contributed by atoms with E-state index in [1.54, 1.807) is 0 Å². The van der Waals surface area contributed by atoms with Crippen LogP contribution in [-0.4, -0.2) is 70.0 Å². The first-order chi connectivity index (χ1) is 43.0. The summed E-state index contributed by atoms with van der Waals surface area (Å²) in [5.41, 5.74) is 0. The molecule has 0 saturated carbocycles. The zero-order chi connectivity index (χ0) is 64.1. The van der Waals surface area contributed by atoms with Gasteiger partial charge in [0.05, 0.1) is 27.7 Å². The Labute approximate surface area is 544 Å². The summed E-state index contributed by atoms with van der Waals surface area (Å²) < 4.78 is 34.4. The summed E-state index contributed by atoms with van der Waals surface area (Å²) in [4.78, 5) is 38.1. The highest BCUT2D eigenvalue weighted by molar-refractivity contribution is 7.45. The molecular weight excluding hydrogens is 1110 g/mol. The predicted octanol–water partition coefficient (Wildman–Crippen LogP) is 23.4. The molecule has 0 aliphatic rings. The number of nitrogens with zero attached hydrogens (tertiary/aromatic N) is 1. The Hall–Kier alpha value is -3.33. The number of carbonyl (C=O) groups excluding carboxylic acids is 2. The van der Waals surface area contributed by atoms with E-state index < -0.39 is 26.5 Å². The van der Waals surface area contributed by atoms with Crippen LogP contribution in [0, 0.1) is 0 Å². The Balaban J connectivity index is 4.03. The Morgan fingerprint density at radius 1 is 0.364 bits per heavy atom. The number of likely N-dealkylation sites (N-methyl/N-ethyl adjacent to an activating group) is 1. The van der Waals surface area contributed by atoms with Gasteiger partial charge in [-0.25, -0.2) is 0 Å². The van der Waals surface area contributed by atoms with Crippen LogP contribution in [0.1, 0.15) is 322 Å². The molecule has 0 N–H and O–H groups in total. The van der Waals surface area contributed by atoms with Gasteiger partial charge in [0.25, 0.3) is 7.82 Å². The van der Waals surface area contributed by atoms with Gasteiger partial charge in [-0.1, -0.05) is 316 Å². The SMILES string of the molecule is CC/C=C\C/C=C\C/C=C\C/C=C\C/C=C\C/C=C\CCCCCCCCCCCCCCCCCCC(=O)OC(COC(=O)CCCCCCCCCCCCCCCC/C=C\C/C=C\C/C=C\CCCCCCC)COP(=O)([O-])OCC[N+](C)(C)C. The lowest BCUT2D eigenvalue weighted by molar-refractivity contribution is -0.870. The number of rotatable bonds is 67. The zero-order valence-electron chi connectivity index (χ0n) is 57.9. The third-order valence-electron chi connectivity index (χ3n) is 15.8. The van der Waals surface area contributed by atoms with E-state index in [1.165, 1.54) is 199 Å². The molecule has 508 valence electrons. The number of hydrogen-bond donors (Lipinski definition) is 0. The van der Waals surface area contributed by atoms with Gasteiger partial charge in [-0.05, 0) is 103 Å². The molecule has 9 nitrogen and oxygen atoms in total. The molecule has 0 aliphatic carbocycles. The molecule has 10 heteroatoms. The first kappa shape index (κ1) is 84.7. The second-order valence-electron chi connectivity index (χ2n) is 25.6. The molecule has 0 heterocycles. The first-order valence-electron chi connectivity index (χ1n) is 36.6. The Morgan fingerprint density at radius 2 is 0.648 bits per heavy atom. The quantitative estimate of drug-likeness (QED) is 0.0195. The number of carbonyl (C=O) groups is 2. The van der Waals surface area contributed by atoms with Crippen molar-refractivity contribution in [2.24, 2.45) is 0 Å². The molecule has 0 spiro atoms. The third kappa shape index (κ3) is 71.7. The van der Waals surface area contributed by atoms with E-state index in [0.717, 1.165) is 89.9 Å². The highest BCUT2D eigenvalue weighted by Crippen LogP contribution is 2.38. The number of quaternary nitrogens is 1. The van der Waals surface area contributed by atoms with Crippen LogP contribution >= 0.6 is 7.82 Å². The highest BCUT2D eigenvalue weighted by atomic mass is 31.2. The maximum atomic E-state index is 12.9. The fourth-order valence-corrected chi connectivity index (χ4v) is 10.9. The van der Waals surface area contributed by atoms with E-state index in [9.17, 15) is 19.0 Å². The average Bonchev–Trinajstić information content (AvgIpc) is 3.57. The van der Waals surface area contributed by atoms with Crippen molar-refractivity contribution >= 4 is 19.8 Å². The fraction of sp³-hybridized carbons (Fsp3) is 0.744. The third-order valence-corrected chi connectivity index (χ3v) is 16.7. The van der Waals surface area contributed by atoms with Crippen LogP contribution in [0.15, 0.2) is 109 Å². The van der Waals surface area contributed by atoms with Crippen molar-refractivity contribution in [3.05, 3.63) is 109 Å². The number of unbranched alkanes of at least 4 members (excludes halogenated alkanes) is 35. The summed E-state index contributed by atoms with van der Waals surface area (Å²) in [7, 11) is 1.17. The molecule has 0 amide bonds. The summed E-state index contributed by atoms with van der Waals surface area (Å²) in [6.07, 6.45) is 96.0. The van der Waals surface area contributed by atoms with Crippen LogP contribution in [0.3, 0.4) is 0 Å². The number of phosphoric ester groups is 1. The van der Waals surface area contributed by atoms with E-state index in [0.29, 0.717) is 17.4 Å². The fourth-order valence-electron chi connectivity index (χ4n) is 10.2. The van der Waals surface area contributed by atoms with Gasteiger partial charge in [0.15, 0.2) is 6.10 Å². The average molecular weight is 1250 g/mol. The van der Waals surface area contributed by atoms with Crippen LogP contribution in [-0.2, 0) is 32.7 Å². The molecule has 0 fully saturated rings. The summed E-state index contributed by atoms with van der Waals surface area (Å²) >= 11 is 0. The molecule has 0 rings (SSSR count). The maximum Gasteiger partial charge on any atom is 0.306 e. The minimum atomic E-state index is -4.65. The van der Waals surface area contributed by atoms with Gasteiger partial charge in [-0.2, -0.15) is 0 Å². The van der Waals surface area contributed by atoms with Crippen LogP contribution in [0.2, 0.25) is 0 Å². The zero-order valence-corrected chi connectivity index (χ0v) is 58.8. The van der Waals surface area contributed by atoms with Crippen LogP contribution in [0.25, 0.3) is 0 Å². The first-order valence-corrected chi connectivity index (χ1v) is 38.1. The van der Waals surface area contributed by atoms with Gasteiger partial charge in [-0.3, -0.25) is 14.2 Å². The lowest BCUT2D eigenvalue weighted by Gasteiger charge is -2.28. The molecule has 88 heavy (non-hydrogen) atoms. The second kappa shape index (κ2) is 68.0. The molecule has 2 unspecified atom stereocenters. The van der Waals surface area contributed by atoms with Crippen LogP contribution in [0.4, 0.5) is 0 Å². The molecule has 2 atom stereocenters. The molecule has 0 radical (unpaired) electrons. The Morgan fingerprint density at radius 3 is 0.966 bits per heavy atom. The minimum Gasteiger partial charge on any atom is -0.756 e. The topological polar surface area (TPSA) is 111 Å². The number of ether oxygens (including phenoxy) is 2. The number of hydrogen-bond acceptors (Lipinski definition) is 8. The minimum absolute atomic E-state index is 0.0334. The predicted molar refractivity (Wildman–Crippen MR) is 378 cm³/mol. The van der Waals surface area contributed by atoms with E-state index >= 15 is 0 Å². The van der Waals surface area contributed by atoms with Gasteiger partial charge in [0.2, 0.25) is 0 Å². The summed E-state index contributed by atoms with van der Waals surface area (Å²) in [5, 5.41) is 0. The van der Waals surface area contributed by atoms with Gasteiger partial charge < -0.3 is 27.9 Å². The van der Waals surface area contributed by atoms with Crippen molar-refractivity contribution in [1.82, 2.24) is 0 Å². The van der Waals surface area contributed by atoms with Crippen molar-refractivity contribution in [2.45, 2.75) is 328 Å². The van der Waals surface area contributed by atoms with Crippen LogP contribution < -0.4 is 4.89 Å². The van der Waals surface area contributed by atoms with Crippen molar-refractivity contribution in [2.75, 3.05) is 47.5 Å². The van der Waals surface area contributed by atoms with E-state index in [-0.39, 0.29) is 32.0 Å². The normalized spacial score (nSPS) is 13.8. The van der Waals surface area contributed by atoms with Crippen molar-refractivity contribution in [3.63, 3.8) is 0 Å². The van der Waals surface area contributed by atoms with Crippen molar-refractivity contribution in [3.8, 4) is 0 Å². The largest absolute Gasteiger partial charge is 0.756 e. The van der Waals surface area contributed by atoms with Gasteiger partial charge in [0, 0.05) is 12.8 Å². The second-order valence-corrected chi connectivity index (χ2v) is 27.0. The summed E-state index contributed by atoms with van der Waals surface area (Å²) in [6, 6.07) is 0.